The maximum atomic E-state index is 5.61. The molecular weight excluding hydrogens is 240 g/mol. The summed E-state index contributed by atoms with van der Waals surface area (Å²) < 4.78 is 5.49. The van der Waals surface area contributed by atoms with Gasteiger partial charge < -0.3 is 15.8 Å². The zero-order valence-electron chi connectivity index (χ0n) is 10.6. The Hall–Kier alpha value is -2.14. The van der Waals surface area contributed by atoms with Crippen LogP contribution < -0.4 is 15.8 Å². The maximum absolute atomic E-state index is 5.61. The van der Waals surface area contributed by atoms with E-state index in [1.807, 2.05) is 6.07 Å². The van der Waals surface area contributed by atoms with Crippen molar-refractivity contribution in [2.24, 2.45) is 0 Å². The first-order valence-electron chi connectivity index (χ1n) is 6.34. The van der Waals surface area contributed by atoms with E-state index in [1.54, 1.807) is 12.3 Å². The third-order valence-corrected chi connectivity index (χ3v) is 3.09. The van der Waals surface area contributed by atoms with E-state index in [2.05, 4.69) is 27.4 Å². The van der Waals surface area contributed by atoms with E-state index in [1.165, 1.54) is 11.1 Å². The van der Waals surface area contributed by atoms with Crippen LogP contribution >= 0.6 is 0 Å². The van der Waals surface area contributed by atoms with Crippen LogP contribution in [0.2, 0.25) is 0 Å². The van der Waals surface area contributed by atoms with E-state index < -0.39 is 0 Å². The molecule has 1 aromatic carbocycles. The molecule has 1 aliphatic heterocycles. The Morgan fingerprint density at radius 3 is 3.11 bits per heavy atom. The molecule has 0 bridgehead atoms. The van der Waals surface area contributed by atoms with Crippen molar-refractivity contribution in [1.82, 2.24) is 15.3 Å². The zero-order valence-corrected chi connectivity index (χ0v) is 10.6. The smallest absolute Gasteiger partial charge is 0.144 e. The van der Waals surface area contributed by atoms with E-state index in [0.29, 0.717) is 18.2 Å². The normalized spacial score (nSPS) is 13.1. The molecule has 5 heteroatoms. The van der Waals surface area contributed by atoms with Crippen LogP contribution in [0.15, 0.2) is 30.5 Å². The highest BCUT2D eigenvalue weighted by Crippen LogP contribution is 2.25. The highest BCUT2D eigenvalue weighted by Gasteiger charge is 2.11. The van der Waals surface area contributed by atoms with Crippen molar-refractivity contribution < 1.29 is 4.74 Å². The molecule has 0 spiro atoms. The number of benzene rings is 1. The summed E-state index contributed by atoms with van der Waals surface area (Å²) in [5.41, 5.74) is 8.15. The Morgan fingerprint density at radius 1 is 1.26 bits per heavy atom. The number of hydrogen-bond donors (Lipinski definition) is 2. The number of nitrogens with two attached hydrogens (primary N) is 1. The van der Waals surface area contributed by atoms with Crippen molar-refractivity contribution in [1.29, 1.82) is 0 Å². The van der Waals surface area contributed by atoms with Crippen LogP contribution in [0, 0.1) is 0 Å². The fourth-order valence-corrected chi connectivity index (χ4v) is 2.17. The van der Waals surface area contributed by atoms with Crippen LogP contribution in [-0.2, 0) is 19.5 Å². The minimum absolute atomic E-state index is 0.501. The topological polar surface area (TPSA) is 73.1 Å². The average molecular weight is 256 g/mol. The predicted molar refractivity (Wildman–Crippen MR) is 72.6 cm³/mol. The van der Waals surface area contributed by atoms with E-state index in [0.717, 1.165) is 25.3 Å². The SMILES string of the molecule is Nc1ccnc(CNCc2ccc3c(c2)CCO3)n1. The van der Waals surface area contributed by atoms with Crippen molar-refractivity contribution in [3.05, 3.63) is 47.4 Å². The van der Waals surface area contributed by atoms with Crippen LogP contribution in [0.4, 0.5) is 5.82 Å². The summed E-state index contributed by atoms with van der Waals surface area (Å²) in [5.74, 6) is 2.23. The summed E-state index contributed by atoms with van der Waals surface area (Å²) in [5, 5.41) is 3.32. The molecule has 0 saturated heterocycles. The first kappa shape index (κ1) is 11.9. The van der Waals surface area contributed by atoms with Gasteiger partial charge in [0.15, 0.2) is 0 Å². The number of aromatic nitrogens is 2. The third kappa shape index (κ3) is 2.82. The number of nitrogens with one attached hydrogen (secondary N) is 1. The van der Waals surface area contributed by atoms with Crippen molar-refractivity contribution in [3.63, 3.8) is 0 Å². The second-order valence-electron chi connectivity index (χ2n) is 4.54. The fourth-order valence-electron chi connectivity index (χ4n) is 2.17. The molecule has 3 N–H and O–H groups in total. The Kier molecular flexibility index (Phi) is 3.29. The lowest BCUT2D eigenvalue weighted by molar-refractivity contribution is 0.357. The van der Waals surface area contributed by atoms with Gasteiger partial charge in [-0.1, -0.05) is 12.1 Å². The number of rotatable bonds is 4. The van der Waals surface area contributed by atoms with Crippen LogP contribution in [0.5, 0.6) is 5.75 Å². The maximum Gasteiger partial charge on any atom is 0.144 e. The van der Waals surface area contributed by atoms with Gasteiger partial charge in [-0.05, 0) is 23.3 Å². The van der Waals surface area contributed by atoms with Crippen LogP contribution in [0.3, 0.4) is 0 Å². The molecule has 19 heavy (non-hydrogen) atoms. The molecule has 2 heterocycles. The Labute approximate surface area is 111 Å². The summed E-state index contributed by atoms with van der Waals surface area (Å²) in [6.45, 7) is 2.19. The van der Waals surface area contributed by atoms with Crippen molar-refractivity contribution in [2.75, 3.05) is 12.3 Å². The Morgan fingerprint density at radius 2 is 2.21 bits per heavy atom. The van der Waals surface area contributed by atoms with Crippen LogP contribution in [-0.4, -0.2) is 16.6 Å². The van der Waals surface area contributed by atoms with E-state index >= 15 is 0 Å². The summed E-state index contributed by atoms with van der Waals surface area (Å²) in [7, 11) is 0. The Balaban J connectivity index is 1.58. The molecule has 5 nitrogen and oxygen atoms in total. The van der Waals surface area contributed by atoms with Crippen molar-refractivity contribution >= 4 is 5.82 Å². The highest BCUT2D eigenvalue weighted by atomic mass is 16.5. The molecule has 1 aliphatic rings. The molecule has 0 atom stereocenters. The number of nitrogen functional groups attached to an aromatic ring is 1. The first-order valence-corrected chi connectivity index (χ1v) is 6.34. The molecule has 0 radical (unpaired) electrons. The van der Waals surface area contributed by atoms with Gasteiger partial charge in [0, 0.05) is 19.2 Å². The van der Waals surface area contributed by atoms with Crippen LogP contribution in [0.1, 0.15) is 17.0 Å². The van der Waals surface area contributed by atoms with Gasteiger partial charge in [0.1, 0.15) is 17.4 Å². The minimum Gasteiger partial charge on any atom is -0.493 e. The fraction of sp³-hybridized carbons (Fsp3) is 0.286. The number of hydrogen-bond acceptors (Lipinski definition) is 5. The minimum atomic E-state index is 0.501. The van der Waals surface area contributed by atoms with E-state index in [-0.39, 0.29) is 0 Å². The molecule has 1 aromatic heterocycles. The molecule has 0 aliphatic carbocycles. The molecule has 0 saturated carbocycles. The van der Waals surface area contributed by atoms with E-state index in [4.69, 9.17) is 10.5 Å². The largest absolute Gasteiger partial charge is 0.493 e. The zero-order chi connectivity index (χ0) is 13.1. The Bertz CT molecular complexity index is 585. The number of ether oxygens (including phenoxy) is 1. The molecule has 0 fully saturated rings. The molecule has 0 unspecified atom stereocenters. The molecule has 2 aromatic rings. The first-order chi connectivity index (χ1) is 9.31. The second kappa shape index (κ2) is 5.24. The van der Waals surface area contributed by atoms with Gasteiger partial charge >= 0.3 is 0 Å². The summed E-state index contributed by atoms with van der Waals surface area (Å²) in [4.78, 5) is 8.30. The second-order valence-corrected chi connectivity index (χ2v) is 4.54. The lowest BCUT2D eigenvalue weighted by atomic mass is 10.1. The van der Waals surface area contributed by atoms with Crippen molar-refractivity contribution in [3.8, 4) is 5.75 Å². The quantitative estimate of drug-likeness (QED) is 0.862. The number of anilines is 1. The van der Waals surface area contributed by atoms with Gasteiger partial charge in [-0.3, -0.25) is 0 Å². The van der Waals surface area contributed by atoms with Crippen molar-refractivity contribution in [2.45, 2.75) is 19.5 Å². The lowest BCUT2D eigenvalue weighted by Gasteiger charge is -2.06. The van der Waals surface area contributed by atoms with Gasteiger partial charge in [0.25, 0.3) is 0 Å². The molecule has 98 valence electrons. The monoisotopic (exact) mass is 256 g/mol. The van der Waals surface area contributed by atoms with Gasteiger partial charge in [-0.25, -0.2) is 9.97 Å². The number of fused-ring (bicyclic) bond motifs is 1. The third-order valence-electron chi connectivity index (χ3n) is 3.09. The standard InChI is InChI=1S/C14H16N4O/c15-13-3-5-17-14(18-13)9-16-8-10-1-2-12-11(7-10)4-6-19-12/h1-3,5,7,16H,4,6,8-9H2,(H2,15,17,18). The highest BCUT2D eigenvalue weighted by molar-refractivity contribution is 5.39. The summed E-state index contributed by atoms with van der Waals surface area (Å²) in [6, 6.07) is 7.99. The van der Waals surface area contributed by atoms with E-state index in [9.17, 15) is 0 Å². The predicted octanol–water partition coefficient (Wildman–Crippen LogP) is 1.28. The summed E-state index contributed by atoms with van der Waals surface area (Å²) >= 11 is 0. The molecule has 3 rings (SSSR count). The van der Waals surface area contributed by atoms with Gasteiger partial charge in [-0.15, -0.1) is 0 Å². The van der Waals surface area contributed by atoms with Crippen LogP contribution in [0.25, 0.3) is 0 Å². The molecule has 0 amide bonds. The van der Waals surface area contributed by atoms with Gasteiger partial charge in [-0.2, -0.15) is 0 Å². The van der Waals surface area contributed by atoms with Gasteiger partial charge in [0.2, 0.25) is 0 Å². The molecular formula is C14H16N4O. The number of nitrogens with zero attached hydrogens (tertiary/aromatic N) is 2. The van der Waals surface area contributed by atoms with Gasteiger partial charge in [0.05, 0.1) is 13.2 Å². The summed E-state index contributed by atoms with van der Waals surface area (Å²) in [6.07, 6.45) is 2.67. The average Bonchev–Trinajstić information content (AvgIpc) is 2.86. The lowest BCUT2D eigenvalue weighted by Crippen LogP contribution is -2.15.